The lowest BCUT2D eigenvalue weighted by Crippen LogP contribution is -1.86. The van der Waals surface area contributed by atoms with E-state index in [1.54, 1.807) is 6.20 Å². The summed E-state index contributed by atoms with van der Waals surface area (Å²) >= 11 is 0. The second-order valence-electron chi connectivity index (χ2n) is 3.32. The van der Waals surface area contributed by atoms with E-state index in [4.69, 9.17) is 0 Å². The fourth-order valence-electron chi connectivity index (χ4n) is 1.46. The summed E-state index contributed by atoms with van der Waals surface area (Å²) in [6.07, 6.45) is 10.1. The van der Waals surface area contributed by atoms with E-state index in [0.29, 0.717) is 0 Å². The molecule has 0 unspecified atom stereocenters. The molecule has 0 saturated carbocycles. The van der Waals surface area contributed by atoms with Gasteiger partial charge in [-0.25, -0.2) is 0 Å². The van der Waals surface area contributed by atoms with Gasteiger partial charge in [0.1, 0.15) is 0 Å². The average Bonchev–Trinajstić information content (AvgIpc) is 2.31. The van der Waals surface area contributed by atoms with Crippen LogP contribution in [-0.2, 0) is 6.42 Å². The molecule has 2 heterocycles. The Balaban J connectivity index is 2.37. The van der Waals surface area contributed by atoms with Crippen LogP contribution in [0, 0.1) is 0 Å². The lowest BCUT2D eigenvalue weighted by Gasteiger charge is -2.02. The van der Waals surface area contributed by atoms with Gasteiger partial charge in [0.15, 0.2) is 0 Å². The van der Waals surface area contributed by atoms with E-state index in [1.807, 2.05) is 36.8 Å². The largest absolute Gasteiger partial charge is 0.264 e. The summed E-state index contributed by atoms with van der Waals surface area (Å²) in [5, 5.41) is 0. The molecular formula is C13H12N2. The van der Waals surface area contributed by atoms with Crippen LogP contribution in [-0.4, -0.2) is 9.97 Å². The van der Waals surface area contributed by atoms with Gasteiger partial charge in [-0.2, -0.15) is 0 Å². The van der Waals surface area contributed by atoms with Crippen LogP contribution in [0.15, 0.2) is 55.6 Å². The molecule has 0 spiro atoms. The molecular weight excluding hydrogens is 184 g/mol. The molecule has 2 aromatic heterocycles. The first-order valence-electron chi connectivity index (χ1n) is 4.85. The van der Waals surface area contributed by atoms with Crippen LogP contribution in [0.5, 0.6) is 0 Å². The third kappa shape index (κ3) is 2.29. The number of allylic oxidation sites excluding steroid dienone is 1. The van der Waals surface area contributed by atoms with Gasteiger partial charge in [0, 0.05) is 35.9 Å². The Labute approximate surface area is 89.3 Å². The van der Waals surface area contributed by atoms with Crippen molar-refractivity contribution in [1.29, 1.82) is 0 Å². The van der Waals surface area contributed by atoms with E-state index in [1.165, 1.54) is 5.56 Å². The van der Waals surface area contributed by atoms with Crippen LogP contribution < -0.4 is 0 Å². The van der Waals surface area contributed by atoms with E-state index in [9.17, 15) is 0 Å². The summed E-state index contributed by atoms with van der Waals surface area (Å²) < 4.78 is 0. The molecule has 2 heteroatoms. The molecule has 2 nitrogen and oxygen atoms in total. The highest BCUT2D eigenvalue weighted by atomic mass is 14.6. The fraction of sp³-hybridized carbons (Fsp3) is 0.0769. The normalized spacial score (nSPS) is 9.87. The first-order valence-corrected chi connectivity index (χ1v) is 4.85. The lowest BCUT2D eigenvalue weighted by atomic mass is 10.1. The van der Waals surface area contributed by atoms with Gasteiger partial charge in [0.05, 0.1) is 0 Å². The summed E-state index contributed by atoms with van der Waals surface area (Å²) in [5.74, 6) is 0. The molecule has 0 aliphatic heterocycles. The zero-order valence-electron chi connectivity index (χ0n) is 8.43. The Bertz CT molecular complexity index is 449. The smallest absolute Gasteiger partial charge is 0.0347 e. The number of nitrogens with zero attached hydrogens (tertiary/aromatic N) is 2. The maximum absolute atomic E-state index is 4.20. The van der Waals surface area contributed by atoms with E-state index >= 15 is 0 Å². The van der Waals surface area contributed by atoms with Crippen LogP contribution in [0.25, 0.3) is 11.1 Å². The van der Waals surface area contributed by atoms with Crippen LogP contribution >= 0.6 is 0 Å². The Morgan fingerprint density at radius 1 is 1.13 bits per heavy atom. The Hall–Kier alpha value is -1.96. The van der Waals surface area contributed by atoms with Gasteiger partial charge in [0.25, 0.3) is 0 Å². The first kappa shape index (κ1) is 9.59. The quantitative estimate of drug-likeness (QED) is 0.705. The molecule has 2 aromatic rings. The summed E-state index contributed by atoms with van der Waals surface area (Å²) in [4.78, 5) is 8.29. The minimum absolute atomic E-state index is 0.848. The summed E-state index contributed by atoms with van der Waals surface area (Å²) in [6.45, 7) is 3.72. The molecule has 74 valence electrons. The van der Waals surface area contributed by atoms with E-state index in [-0.39, 0.29) is 0 Å². The van der Waals surface area contributed by atoms with Crippen molar-refractivity contribution in [2.24, 2.45) is 0 Å². The molecule has 15 heavy (non-hydrogen) atoms. The molecule has 0 N–H and O–H groups in total. The van der Waals surface area contributed by atoms with E-state index < -0.39 is 0 Å². The highest BCUT2D eigenvalue weighted by molar-refractivity contribution is 5.61. The summed E-state index contributed by atoms with van der Waals surface area (Å²) in [5.41, 5.74) is 3.37. The van der Waals surface area contributed by atoms with Crippen LogP contribution in [0.2, 0.25) is 0 Å². The van der Waals surface area contributed by atoms with Gasteiger partial charge in [-0.15, -0.1) is 6.58 Å². The Morgan fingerprint density at radius 2 is 2.00 bits per heavy atom. The molecule has 0 radical (unpaired) electrons. The van der Waals surface area contributed by atoms with Crippen molar-refractivity contribution in [3.63, 3.8) is 0 Å². The molecule has 0 aromatic carbocycles. The van der Waals surface area contributed by atoms with Crippen LogP contribution in [0.3, 0.4) is 0 Å². The van der Waals surface area contributed by atoms with Crippen molar-refractivity contribution >= 4 is 0 Å². The lowest BCUT2D eigenvalue weighted by molar-refractivity contribution is 1.19. The minimum Gasteiger partial charge on any atom is -0.264 e. The number of rotatable bonds is 3. The van der Waals surface area contributed by atoms with Crippen molar-refractivity contribution in [1.82, 2.24) is 9.97 Å². The standard InChI is InChI=1S/C13H12N2/c1-2-4-11-7-13(10-15-8-11)12-5-3-6-14-9-12/h2-3,5-10H,1,4H2. The zero-order chi connectivity index (χ0) is 10.5. The molecule has 2 rings (SSSR count). The second kappa shape index (κ2) is 4.51. The van der Waals surface area contributed by atoms with E-state index in [2.05, 4.69) is 22.6 Å². The van der Waals surface area contributed by atoms with Crippen LogP contribution in [0.1, 0.15) is 5.56 Å². The molecule has 0 atom stereocenters. The zero-order valence-corrected chi connectivity index (χ0v) is 8.43. The SMILES string of the molecule is C=CCc1cncc(-c2cccnc2)c1. The van der Waals surface area contributed by atoms with Crippen LogP contribution in [0.4, 0.5) is 0 Å². The molecule has 0 fully saturated rings. The predicted octanol–water partition coefficient (Wildman–Crippen LogP) is 2.87. The average molecular weight is 196 g/mol. The molecule has 0 aliphatic rings. The monoisotopic (exact) mass is 196 g/mol. The van der Waals surface area contributed by atoms with Crippen molar-refractivity contribution in [3.8, 4) is 11.1 Å². The molecule has 0 amide bonds. The van der Waals surface area contributed by atoms with Gasteiger partial charge >= 0.3 is 0 Å². The number of hydrogen-bond acceptors (Lipinski definition) is 2. The van der Waals surface area contributed by atoms with Crippen molar-refractivity contribution in [3.05, 3.63) is 61.2 Å². The summed E-state index contributed by atoms with van der Waals surface area (Å²) in [6, 6.07) is 6.07. The van der Waals surface area contributed by atoms with Gasteiger partial charge in [-0.1, -0.05) is 12.1 Å². The highest BCUT2D eigenvalue weighted by Gasteiger charge is 1.98. The molecule has 0 bridgehead atoms. The Kier molecular flexibility index (Phi) is 2.88. The fourth-order valence-corrected chi connectivity index (χ4v) is 1.46. The van der Waals surface area contributed by atoms with Crippen molar-refractivity contribution < 1.29 is 0 Å². The second-order valence-corrected chi connectivity index (χ2v) is 3.32. The molecule has 0 saturated heterocycles. The number of pyridine rings is 2. The minimum atomic E-state index is 0.848. The third-order valence-electron chi connectivity index (χ3n) is 2.17. The van der Waals surface area contributed by atoms with E-state index in [0.717, 1.165) is 17.5 Å². The summed E-state index contributed by atoms with van der Waals surface area (Å²) in [7, 11) is 0. The topological polar surface area (TPSA) is 25.8 Å². The first-order chi connectivity index (χ1) is 7.40. The van der Waals surface area contributed by atoms with Gasteiger partial charge < -0.3 is 0 Å². The number of aromatic nitrogens is 2. The highest BCUT2D eigenvalue weighted by Crippen LogP contribution is 2.17. The maximum Gasteiger partial charge on any atom is 0.0347 e. The number of hydrogen-bond donors (Lipinski definition) is 0. The molecule has 0 aliphatic carbocycles. The maximum atomic E-state index is 4.20. The van der Waals surface area contributed by atoms with Crippen molar-refractivity contribution in [2.45, 2.75) is 6.42 Å². The predicted molar refractivity (Wildman–Crippen MR) is 61.4 cm³/mol. The van der Waals surface area contributed by atoms with Gasteiger partial charge in [0.2, 0.25) is 0 Å². The Morgan fingerprint density at radius 3 is 2.73 bits per heavy atom. The van der Waals surface area contributed by atoms with Gasteiger partial charge in [-0.05, 0) is 24.1 Å². The third-order valence-corrected chi connectivity index (χ3v) is 2.17. The van der Waals surface area contributed by atoms with Crippen molar-refractivity contribution in [2.75, 3.05) is 0 Å². The van der Waals surface area contributed by atoms with Gasteiger partial charge in [-0.3, -0.25) is 9.97 Å².